The number of carbonyl (C=O) groups excluding carboxylic acids is 1. The van der Waals surface area contributed by atoms with Crippen molar-refractivity contribution in [2.75, 3.05) is 25.5 Å². The molecular formula is C20H24N2O2. The van der Waals surface area contributed by atoms with Crippen molar-refractivity contribution in [1.29, 1.82) is 0 Å². The van der Waals surface area contributed by atoms with E-state index in [9.17, 15) is 4.79 Å². The molecule has 1 amide bonds. The van der Waals surface area contributed by atoms with Crippen LogP contribution in [0.3, 0.4) is 0 Å². The van der Waals surface area contributed by atoms with Crippen LogP contribution in [-0.4, -0.2) is 31.0 Å². The van der Waals surface area contributed by atoms with E-state index >= 15 is 0 Å². The molecule has 0 saturated carbocycles. The van der Waals surface area contributed by atoms with Gasteiger partial charge in [0.1, 0.15) is 5.75 Å². The fourth-order valence-electron chi connectivity index (χ4n) is 3.35. The number of hydrogen-bond acceptors (Lipinski definition) is 3. The van der Waals surface area contributed by atoms with Crippen LogP contribution in [0, 0.1) is 6.92 Å². The third kappa shape index (κ3) is 3.95. The molecule has 0 radical (unpaired) electrons. The molecule has 3 rings (SSSR count). The predicted octanol–water partition coefficient (Wildman–Crippen LogP) is 3.78. The first-order valence-corrected chi connectivity index (χ1v) is 8.40. The maximum absolute atomic E-state index is 12.4. The molecule has 4 nitrogen and oxygen atoms in total. The molecule has 2 aromatic carbocycles. The van der Waals surface area contributed by atoms with Crippen LogP contribution in [0.2, 0.25) is 0 Å². The Bertz CT molecular complexity index is 714. The molecule has 2 aromatic rings. The number of rotatable bonds is 5. The number of ether oxygens (including phenoxy) is 1. The molecule has 0 aromatic heterocycles. The lowest BCUT2D eigenvalue weighted by Gasteiger charge is -2.24. The van der Waals surface area contributed by atoms with Gasteiger partial charge in [-0.1, -0.05) is 24.3 Å². The number of nitrogens with one attached hydrogen (secondary N) is 1. The molecular weight excluding hydrogens is 300 g/mol. The summed E-state index contributed by atoms with van der Waals surface area (Å²) in [5.74, 6) is 0.902. The lowest BCUT2D eigenvalue weighted by atomic mass is 10.0. The van der Waals surface area contributed by atoms with Crippen LogP contribution >= 0.6 is 0 Å². The highest BCUT2D eigenvalue weighted by Gasteiger charge is 2.27. The van der Waals surface area contributed by atoms with E-state index in [2.05, 4.69) is 22.3 Å². The Morgan fingerprint density at radius 2 is 2.08 bits per heavy atom. The van der Waals surface area contributed by atoms with Crippen LogP contribution in [0.4, 0.5) is 5.69 Å². The van der Waals surface area contributed by atoms with Gasteiger partial charge in [-0.3, -0.25) is 9.69 Å². The second kappa shape index (κ2) is 7.49. The van der Waals surface area contributed by atoms with Gasteiger partial charge in [-0.2, -0.15) is 0 Å². The van der Waals surface area contributed by atoms with E-state index in [0.717, 1.165) is 36.4 Å². The van der Waals surface area contributed by atoms with Crippen molar-refractivity contribution in [3.05, 3.63) is 59.7 Å². The number of carbonyl (C=O) groups is 1. The van der Waals surface area contributed by atoms with Crippen LogP contribution in [0.15, 0.2) is 48.5 Å². The Kier molecular flexibility index (Phi) is 5.16. The molecule has 24 heavy (non-hydrogen) atoms. The van der Waals surface area contributed by atoms with E-state index in [0.29, 0.717) is 6.54 Å². The topological polar surface area (TPSA) is 41.6 Å². The fourth-order valence-corrected chi connectivity index (χ4v) is 3.35. The molecule has 0 unspecified atom stereocenters. The van der Waals surface area contributed by atoms with Gasteiger partial charge in [0.05, 0.1) is 13.7 Å². The highest BCUT2D eigenvalue weighted by Crippen LogP contribution is 2.33. The van der Waals surface area contributed by atoms with Crippen LogP contribution in [0.25, 0.3) is 0 Å². The summed E-state index contributed by atoms with van der Waals surface area (Å²) in [5, 5.41) is 3.00. The molecule has 4 heteroatoms. The van der Waals surface area contributed by atoms with Crippen LogP contribution in [0.5, 0.6) is 5.75 Å². The minimum Gasteiger partial charge on any atom is -0.497 e. The van der Waals surface area contributed by atoms with Gasteiger partial charge >= 0.3 is 0 Å². The van der Waals surface area contributed by atoms with Crippen molar-refractivity contribution in [2.24, 2.45) is 0 Å². The monoisotopic (exact) mass is 324 g/mol. The minimum absolute atomic E-state index is 0.0374. The first-order valence-electron chi connectivity index (χ1n) is 8.40. The third-order valence-electron chi connectivity index (χ3n) is 4.49. The van der Waals surface area contributed by atoms with Gasteiger partial charge in [-0.15, -0.1) is 0 Å². The number of benzene rings is 2. The van der Waals surface area contributed by atoms with Gasteiger partial charge in [-0.05, 0) is 61.7 Å². The Hall–Kier alpha value is -2.33. The van der Waals surface area contributed by atoms with Gasteiger partial charge in [0.2, 0.25) is 5.91 Å². The van der Waals surface area contributed by atoms with Crippen molar-refractivity contribution < 1.29 is 9.53 Å². The molecule has 0 spiro atoms. The maximum atomic E-state index is 12.4. The first-order chi connectivity index (χ1) is 11.7. The normalized spacial score (nSPS) is 17.7. The fraction of sp³-hybridized carbons (Fsp3) is 0.350. The summed E-state index contributed by atoms with van der Waals surface area (Å²) < 4.78 is 5.32. The summed E-state index contributed by atoms with van der Waals surface area (Å²) in [6, 6.07) is 16.3. The molecule has 1 fully saturated rings. The average molecular weight is 324 g/mol. The smallest absolute Gasteiger partial charge is 0.238 e. The zero-order valence-electron chi connectivity index (χ0n) is 14.3. The Balaban J connectivity index is 1.66. The molecule has 0 bridgehead atoms. The van der Waals surface area contributed by atoms with E-state index in [1.165, 1.54) is 5.56 Å². The second-order valence-corrected chi connectivity index (χ2v) is 6.32. The van der Waals surface area contributed by atoms with Gasteiger partial charge in [0.25, 0.3) is 0 Å². The molecule has 1 aliphatic rings. The van der Waals surface area contributed by atoms with E-state index in [-0.39, 0.29) is 11.9 Å². The molecule has 1 N–H and O–H groups in total. The largest absolute Gasteiger partial charge is 0.497 e. The second-order valence-electron chi connectivity index (χ2n) is 6.32. The quantitative estimate of drug-likeness (QED) is 0.910. The van der Waals surface area contributed by atoms with Crippen molar-refractivity contribution in [2.45, 2.75) is 25.8 Å². The highest BCUT2D eigenvalue weighted by molar-refractivity contribution is 5.92. The molecule has 1 atom stereocenters. The van der Waals surface area contributed by atoms with E-state index in [4.69, 9.17) is 4.74 Å². The predicted molar refractivity (Wildman–Crippen MR) is 96.4 cm³/mol. The number of aryl methyl sites for hydroxylation is 1. The summed E-state index contributed by atoms with van der Waals surface area (Å²) in [6.45, 7) is 3.38. The summed E-state index contributed by atoms with van der Waals surface area (Å²) in [7, 11) is 1.68. The molecule has 0 aliphatic carbocycles. The molecule has 1 saturated heterocycles. The summed E-state index contributed by atoms with van der Waals surface area (Å²) >= 11 is 0. The number of likely N-dealkylation sites (tertiary alicyclic amines) is 1. The zero-order valence-corrected chi connectivity index (χ0v) is 14.3. The molecule has 126 valence electrons. The average Bonchev–Trinajstić information content (AvgIpc) is 3.03. The van der Waals surface area contributed by atoms with Crippen molar-refractivity contribution >= 4 is 11.6 Å². The van der Waals surface area contributed by atoms with Crippen LogP contribution in [0.1, 0.15) is 30.0 Å². The summed E-state index contributed by atoms with van der Waals surface area (Å²) in [4.78, 5) is 14.7. The molecule has 1 aliphatic heterocycles. The van der Waals surface area contributed by atoms with Gasteiger partial charge < -0.3 is 10.1 Å². The van der Waals surface area contributed by atoms with Crippen LogP contribution in [-0.2, 0) is 4.79 Å². The van der Waals surface area contributed by atoms with Crippen LogP contribution < -0.4 is 10.1 Å². The minimum atomic E-state index is 0.0374. The van der Waals surface area contributed by atoms with E-state index < -0.39 is 0 Å². The van der Waals surface area contributed by atoms with Gasteiger partial charge in [0, 0.05) is 11.7 Å². The van der Waals surface area contributed by atoms with Gasteiger partial charge in [0.15, 0.2) is 0 Å². The molecule has 1 heterocycles. The lowest BCUT2D eigenvalue weighted by molar-refractivity contribution is -0.117. The number of anilines is 1. The van der Waals surface area contributed by atoms with Crippen molar-refractivity contribution in [1.82, 2.24) is 4.90 Å². The van der Waals surface area contributed by atoms with Crippen molar-refractivity contribution in [3.63, 3.8) is 0 Å². The number of methoxy groups -OCH3 is 1. The SMILES string of the molecule is COc1cccc([C@H]2CCCN2CC(=O)Nc2cccc(C)c2)c1. The van der Waals surface area contributed by atoms with Crippen molar-refractivity contribution in [3.8, 4) is 5.75 Å². The summed E-state index contributed by atoms with van der Waals surface area (Å²) in [5.41, 5.74) is 3.22. The standard InChI is InChI=1S/C20H24N2O2/c1-15-6-3-8-17(12-15)21-20(23)14-22-11-5-10-19(22)16-7-4-9-18(13-16)24-2/h3-4,6-9,12-13,19H,5,10-11,14H2,1-2H3,(H,21,23)/t19-/m1/s1. The Morgan fingerprint density at radius 1 is 1.25 bits per heavy atom. The number of nitrogens with zero attached hydrogens (tertiary/aromatic N) is 1. The highest BCUT2D eigenvalue weighted by atomic mass is 16.5. The number of amides is 1. The summed E-state index contributed by atoms with van der Waals surface area (Å²) in [6.07, 6.45) is 2.19. The third-order valence-corrected chi connectivity index (χ3v) is 4.49. The van der Waals surface area contributed by atoms with E-state index in [1.807, 2.05) is 43.3 Å². The Labute approximate surface area is 143 Å². The van der Waals surface area contributed by atoms with Gasteiger partial charge in [-0.25, -0.2) is 0 Å². The Morgan fingerprint density at radius 3 is 2.88 bits per heavy atom. The number of hydrogen-bond donors (Lipinski definition) is 1. The van der Waals surface area contributed by atoms with E-state index in [1.54, 1.807) is 7.11 Å². The zero-order chi connectivity index (χ0) is 16.9. The lowest BCUT2D eigenvalue weighted by Crippen LogP contribution is -2.32. The first kappa shape index (κ1) is 16.5. The maximum Gasteiger partial charge on any atom is 0.238 e.